The van der Waals surface area contributed by atoms with Gasteiger partial charge in [-0.2, -0.15) is 0 Å². The first-order valence-corrected chi connectivity index (χ1v) is 8.12. The van der Waals surface area contributed by atoms with E-state index >= 15 is 0 Å². The normalized spacial score (nSPS) is 10.4. The van der Waals surface area contributed by atoms with E-state index in [2.05, 4.69) is 15.9 Å². The minimum Gasteiger partial charge on any atom is -0.496 e. The third kappa shape index (κ3) is 2.91. The number of carbonyl (C=O) groups is 1. The Hall–Kier alpha value is -1.26. The molecule has 4 heteroatoms. The molecule has 0 N–H and O–H groups in total. The number of methoxy groups -OCH3 is 1. The van der Waals surface area contributed by atoms with Crippen LogP contribution in [0.3, 0.4) is 0 Å². The van der Waals surface area contributed by atoms with Crippen LogP contribution < -0.4 is 4.74 Å². The number of rotatable bonds is 4. The lowest BCUT2D eigenvalue weighted by atomic mass is 10.0. The summed E-state index contributed by atoms with van der Waals surface area (Å²) in [5, 5.41) is 0. The molecule has 2 rings (SSSR count). The van der Waals surface area contributed by atoms with E-state index in [9.17, 15) is 4.79 Å². The van der Waals surface area contributed by atoms with E-state index in [1.54, 1.807) is 18.9 Å². The average Bonchev–Trinajstić information content (AvgIpc) is 2.48. The van der Waals surface area contributed by atoms with E-state index in [0.717, 1.165) is 14.9 Å². The first kappa shape index (κ1) is 15.1. The summed E-state index contributed by atoms with van der Waals surface area (Å²) in [7, 11) is 1.58. The van der Waals surface area contributed by atoms with Crippen molar-refractivity contribution in [1.29, 1.82) is 0 Å². The van der Waals surface area contributed by atoms with Gasteiger partial charge in [0.25, 0.3) is 0 Å². The second-order valence-corrected chi connectivity index (χ2v) is 6.03. The fraction of sp³-hybridized carbons (Fsp3) is 0.188. The molecule has 2 aromatic carbocycles. The standard InChI is InChI=1S/C16H15BrO2S/c1-10-8-14(19-2)12(9-13(10)17)16(18)11-6-4-5-7-15(11)20-3/h4-9H,1-3H3. The number of hydrogen-bond acceptors (Lipinski definition) is 3. The predicted molar refractivity (Wildman–Crippen MR) is 87.1 cm³/mol. The molecule has 0 spiro atoms. The Labute approximate surface area is 131 Å². The SMILES string of the molecule is COc1cc(C)c(Br)cc1C(=O)c1ccccc1SC. The Morgan fingerprint density at radius 1 is 1.20 bits per heavy atom. The van der Waals surface area contributed by atoms with Crippen LogP contribution in [0.4, 0.5) is 0 Å². The van der Waals surface area contributed by atoms with Crippen molar-refractivity contribution in [3.63, 3.8) is 0 Å². The van der Waals surface area contributed by atoms with E-state index in [1.807, 2.05) is 49.6 Å². The maximum absolute atomic E-state index is 12.8. The number of thioether (sulfide) groups is 1. The molecule has 20 heavy (non-hydrogen) atoms. The second kappa shape index (κ2) is 6.46. The zero-order valence-corrected chi connectivity index (χ0v) is 14.0. The second-order valence-electron chi connectivity index (χ2n) is 4.33. The van der Waals surface area contributed by atoms with Gasteiger partial charge in [-0.3, -0.25) is 4.79 Å². The summed E-state index contributed by atoms with van der Waals surface area (Å²) in [6.07, 6.45) is 1.97. The first-order chi connectivity index (χ1) is 9.58. The molecular weight excluding hydrogens is 336 g/mol. The highest BCUT2D eigenvalue weighted by molar-refractivity contribution is 9.10. The number of aryl methyl sites for hydroxylation is 1. The fourth-order valence-electron chi connectivity index (χ4n) is 1.98. The van der Waals surface area contributed by atoms with Crippen molar-refractivity contribution in [2.45, 2.75) is 11.8 Å². The lowest BCUT2D eigenvalue weighted by molar-refractivity contribution is 0.103. The molecule has 104 valence electrons. The van der Waals surface area contributed by atoms with Crippen LogP contribution >= 0.6 is 27.7 Å². The highest BCUT2D eigenvalue weighted by Gasteiger charge is 2.18. The van der Waals surface area contributed by atoms with Crippen LogP contribution in [0.5, 0.6) is 5.75 Å². The van der Waals surface area contributed by atoms with Crippen LogP contribution in [0.15, 0.2) is 45.8 Å². The van der Waals surface area contributed by atoms with Crippen molar-refractivity contribution in [2.75, 3.05) is 13.4 Å². The molecule has 0 aliphatic carbocycles. The summed E-state index contributed by atoms with van der Waals surface area (Å²) in [4.78, 5) is 13.7. The fourth-order valence-corrected chi connectivity index (χ4v) is 2.92. The number of halogens is 1. The predicted octanol–water partition coefficient (Wildman–Crippen LogP) is 4.72. The molecular formula is C16H15BrO2S. The summed E-state index contributed by atoms with van der Waals surface area (Å²) in [5.41, 5.74) is 2.32. The van der Waals surface area contributed by atoms with E-state index in [0.29, 0.717) is 16.9 Å². The van der Waals surface area contributed by atoms with Crippen LogP contribution in [0, 0.1) is 6.92 Å². The lowest BCUT2D eigenvalue weighted by Gasteiger charge is -2.12. The third-order valence-electron chi connectivity index (χ3n) is 3.08. The van der Waals surface area contributed by atoms with Gasteiger partial charge in [-0.15, -0.1) is 11.8 Å². The Kier molecular flexibility index (Phi) is 4.89. The van der Waals surface area contributed by atoms with Crippen LogP contribution in [-0.4, -0.2) is 19.1 Å². The summed E-state index contributed by atoms with van der Waals surface area (Å²) in [6, 6.07) is 11.3. The van der Waals surface area contributed by atoms with Gasteiger partial charge in [-0.1, -0.05) is 28.1 Å². The summed E-state index contributed by atoms with van der Waals surface area (Å²) >= 11 is 5.04. The number of carbonyl (C=O) groups excluding carboxylic acids is 1. The Bertz CT molecular complexity index is 653. The third-order valence-corrected chi connectivity index (χ3v) is 4.73. The van der Waals surface area contributed by atoms with Crippen LogP contribution in [-0.2, 0) is 0 Å². The molecule has 0 aromatic heterocycles. The van der Waals surface area contributed by atoms with Crippen LogP contribution in [0.25, 0.3) is 0 Å². The molecule has 2 nitrogen and oxygen atoms in total. The highest BCUT2D eigenvalue weighted by Crippen LogP contribution is 2.31. The Morgan fingerprint density at radius 3 is 2.55 bits per heavy atom. The van der Waals surface area contributed by atoms with Crippen molar-refractivity contribution in [3.05, 3.63) is 57.6 Å². The maximum atomic E-state index is 12.8. The molecule has 2 aromatic rings. The minimum atomic E-state index is -0.0208. The van der Waals surface area contributed by atoms with E-state index in [1.165, 1.54) is 0 Å². The molecule has 0 saturated heterocycles. The quantitative estimate of drug-likeness (QED) is 0.589. The lowest BCUT2D eigenvalue weighted by Crippen LogP contribution is -2.06. The van der Waals surface area contributed by atoms with Gasteiger partial charge in [0, 0.05) is 14.9 Å². The average molecular weight is 351 g/mol. The number of ketones is 1. The Balaban J connectivity index is 2.56. The van der Waals surface area contributed by atoms with Gasteiger partial charge in [0.2, 0.25) is 0 Å². The zero-order valence-electron chi connectivity index (χ0n) is 11.6. The van der Waals surface area contributed by atoms with Crippen LogP contribution in [0.2, 0.25) is 0 Å². The van der Waals surface area contributed by atoms with Crippen molar-refractivity contribution in [3.8, 4) is 5.75 Å². The first-order valence-electron chi connectivity index (χ1n) is 6.10. The van der Waals surface area contributed by atoms with Crippen molar-refractivity contribution in [2.24, 2.45) is 0 Å². The number of hydrogen-bond donors (Lipinski definition) is 0. The maximum Gasteiger partial charge on any atom is 0.197 e. The van der Waals surface area contributed by atoms with E-state index in [-0.39, 0.29) is 5.78 Å². The summed E-state index contributed by atoms with van der Waals surface area (Å²) in [6.45, 7) is 1.97. The van der Waals surface area contributed by atoms with Gasteiger partial charge >= 0.3 is 0 Å². The van der Waals surface area contributed by atoms with Crippen molar-refractivity contribution < 1.29 is 9.53 Å². The Morgan fingerprint density at radius 2 is 1.90 bits per heavy atom. The molecule has 0 aliphatic heterocycles. The van der Waals surface area contributed by atoms with Crippen molar-refractivity contribution in [1.82, 2.24) is 0 Å². The van der Waals surface area contributed by atoms with E-state index < -0.39 is 0 Å². The van der Waals surface area contributed by atoms with Gasteiger partial charge in [-0.25, -0.2) is 0 Å². The largest absolute Gasteiger partial charge is 0.496 e. The number of ether oxygens (including phenoxy) is 1. The van der Waals surface area contributed by atoms with Gasteiger partial charge in [-0.05, 0) is 43.0 Å². The molecule has 0 unspecified atom stereocenters. The summed E-state index contributed by atoms with van der Waals surface area (Å²) < 4.78 is 6.25. The molecule has 0 amide bonds. The topological polar surface area (TPSA) is 26.3 Å². The molecule has 0 fully saturated rings. The molecule has 0 aliphatic rings. The molecule has 0 radical (unpaired) electrons. The molecule has 0 atom stereocenters. The minimum absolute atomic E-state index is 0.0208. The highest BCUT2D eigenvalue weighted by atomic mass is 79.9. The molecule has 0 saturated carbocycles. The van der Waals surface area contributed by atoms with Crippen LogP contribution in [0.1, 0.15) is 21.5 Å². The summed E-state index contributed by atoms with van der Waals surface area (Å²) in [5.74, 6) is 0.583. The van der Waals surface area contributed by atoms with Gasteiger partial charge in [0.15, 0.2) is 5.78 Å². The monoisotopic (exact) mass is 350 g/mol. The van der Waals surface area contributed by atoms with Gasteiger partial charge in [0.1, 0.15) is 5.75 Å². The van der Waals surface area contributed by atoms with E-state index in [4.69, 9.17) is 4.74 Å². The molecule has 0 heterocycles. The van der Waals surface area contributed by atoms with Gasteiger partial charge < -0.3 is 4.74 Å². The zero-order chi connectivity index (χ0) is 14.7. The number of benzene rings is 2. The van der Waals surface area contributed by atoms with Crippen molar-refractivity contribution >= 4 is 33.5 Å². The molecule has 0 bridgehead atoms. The smallest absolute Gasteiger partial charge is 0.197 e. The van der Waals surface area contributed by atoms with Gasteiger partial charge in [0.05, 0.1) is 12.7 Å².